The van der Waals surface area contributed by atoms with Crippen LogP contribution in [0.3, 0.4) is 0 Å². The van der Waals surface area contributed by atoms with Crippen molar-refractivity contribution in [2.75, 3.05) is 19.8 Å². The third kappa shape index (κ3) is 12.3. The van der Waals surface area contributed by atoms with Crippen molar-refractivity contribution in [1.29, 1.82) is 0 Å². The molecule has 18 nitrogen and oxygen atoms in total. The molecule has 2 saturated heterocycles. The average molecular weight is 679 g/mol. The summed E-state index contributed by atoms with van der Waals surface area (Å²) < 4.78 is 61.6. The first-order valence-electron chi connectivity index (χ1n) is 14.7. The molecule has 0 N–H and O–H groups in total. The van der Waals surface area contributed by atoms with Crippen LogP contribution in [0.5, 0.6) is 0 Å². The summed E-state index contributed by atoms with van der Waals surface area (Å²) in [5.41, 5.74) is 0. The number of hydrogen-bond acceptors (Lipinski definition) is 18. The molecule has 18 heteroatoms. The normalized spacial score (nSPS) is 30.2. The number of carbonyl (C=O) groups excluding carboxylic acids is 7. The first-order valence-corrected chi connectivity index (χ1v) is 14.7. The van der Waals surface area contributed by atoms with Crippen molar-refractivity contribution in [2.45, 2.75) is 123 Å². The highest BCUT2D eigenvalue weighted by Gasteiger charge is 2.57. The van der Waals surface area contributed by atoms with Crippen LogP contribution in [-0.4, -0.2) is 123 Å². The topological polar surface area (TPSA) is 221 Å². The molecule has 2 rings (SSSR count). The van der Waals surface area contributed by atoms with E-state index in [0.717, 1.165) is 48.5 Å². The second-order valence-electron chi connectivity index (χ2n) is 10.5. The van der Waals surface area contributed by atoms with E-state index in [2.05, 4.69) is 0 Å². The fourth-order valence-corrected chi connectivity index (χ4v) is 4.85. The maximum atomic E-state index is 12.3. The van der Waals surface area contributed by atoms with E-state index in [-0.39, 0.29) is 6.61 Å². The van der Waals surface area contributed by atoms with Gasteiger partial charge < -0.3 is 52.1 Å². The molecule has 0 aliphatic carbocycles. The summed E-state index contributed by atoms with van der Waals surface area (Å²) in [4.78, 5) is 84.4. The zero-order chi connectivity index (χ0) is 35.4. The summed E-state index contributed by atoms with van der Waals surface area (Å²) in [6.45, 7) is 8.46. The van der Waals surface area contributed by atoms with Gasteiger partial charge in [-0.3, -0.25) is 33.6 Å². The van der Waals surface area contributed by atoms with Crippen LogP contribution in [0.1, 0.15) is 61.8 Å². The van der Waals surface area contributed by atoms with E-state index in [1.54, 1.807) is 6.92 Å². The molecule has 0 unspecified atom stereocenters. The molecule has 2 fully saturated rings. The summed E-state index contributed by atoms with van der Waals surface area (Å²) in [5, 5.41) is 0. The number of esters is 7. The van der Waals surface area contributed by atoms with Crippen molar-refractivity contribution in [3.05, 3.63) is 0 Å². The van der Waals surface area contributed by atoms with Gasteiger partial charge in [0.05, 0.1) is 0 Å². The lowest BCUT2D eigenvalue weighted by Gasteiger charge is -2.48. The van der Waals surface area contributed by atoms with Crippen LogP contribution in [0.2, 0.25) is 0 Å². The molecule has 0 bridgehead atoms. The Morgan fingerprint density at radius 2 is 0.872 bits per heavy atom. The van der Waals surface area contributed by atoms with E-state index in [1.807, 2.05) is 0 Å². The van der Waals surface area contributed by atoms with Crippen LogP contribution in [0.4, 0.5) is 0 Å². The van der Waals surface area contributed by atoms with Crippen LogP contribution in [0.15, 0.2) is 0 Å². The van der Waals surface area contributed by atoms with Crippen molar-refractivity contribution in [2.24, 2.45) is 0 Å². The highest BCUT2D eigenvalue weighted by Crippen LogP contribution is 2.35. The Labute approximate surface area is 270 Å². The molecule has 0 aromatic heterocycles. The molecule has 2 aliphatic heterocycles. The fourth-order valence-electron chi connectivity index (χ4n) is 4.85. The summed E-state index contributed by atoms with van der Waals surface area (Å²) in [7, 11) is 0. The predicted molar refractivity (Wildman–Crippen MR) is 149 cm³/mol. The van der Waals surface area contributed by atoms with Gasteiger partial charge in [-0.25, -0.2) is 0 Å². The Hall–Kier alpha value is -3.87. The maximum Gasteiger partial charge on any atom is 0.305 e. The van der Waals surface area contributed by atoms with Crippen LogP contribution in [0, 0.1) is 0 Å². The van der Waals surface area contributed by atoms with Gasteiger partial charge >= 0.3 is 41.8 Å². The van der Waals surface area contributed by atoms with Gasteiger partial charge in [-0.1, -0.05) is 6.92 Å². The van der Waals surface area contributed by atoms with E-state index >= 15 is 0 Å². The van der Waals surface area contributed by atoms with Crippen molar-refractivity contribution in [1.82, 2.24) is 0 Å². The van der Waals surface area contributed by atoms with E-state index in [1.165, 1.54) is 0 Å². The number of rotatable bonds is 14. The lowest BCUT2D eigenvalue weighted by atomic mass is 9.96. The van der Waals surface area contributed by atoms with Crippen molar-refractivity contribution >= 4 is 41.8 Å². The van der Waals surface area contributed by atoms with E-state index in [0.29, 0.717) is 6.42 Å². The summed E-state index contributed by atoms with van der Waals surface area (Å²) >= 11 is 0. The Morgan fingerprint density at radius 3 is 1.32 bits per heavy atom. The van der Waals surface area contributed by atoms with Crippen molar-refractivity contribution in [3.63, 3.8) is 0 Å². The van der Waals surface area contributed by atoms with Gasteiger partial charge in [0.25, 0.3) is 0 Å². The van der Waals surface area contributed by atoms with Gasteiger partial charge in [-0.15, -0.1) is 0 Å². The van der Waals surface area contributed by atoms with E-state index in [9.17, 15) is 33.6 Å². The minimum Gasteiger partial charge on any atom is -0.463 e. The number of ether oxygens (including phenoxy) is 11. The minimum absolute atomic E-state index is 0.0868. The number of hydrogen-bond donors (Lipinski definition) is 0. The first-order chi connectivity index (χ1) is 22.0. The highest BCUT2D eigenvalue weighted by molar-refractivity contribution is 5.69. The molecule has 10 atom stereocenters. The molecular weight excluding hydrogens is 636 g/mol. The Morgan fingerprint density at radius 1 is 0.468 bits per heavy atom. The van der Waals surface area contributed by atoms with Gasteiger partial charge in [0.1, 0.15) is 37.6 Å². The molecule has 0 saturated carbocycles. The quantitative estimate of drug-likeness (QED) is 0.175. The number of carbonyl (C=O) groups is 7. The maximum absolute atomic E-state index is 12.3. The van der Waals surface area contributed by atoms with Crippen LogP contribution >= 0.6 is 0 Å². The van der Waals surface area contributed by atoms with Crippen molar-refractivity contribution < 1.29 is 85.7 Å². The Balaban J connectivity index is 2.71. The molecular formula is C29H42O18. The van der Waals surface area contributed by atoms with Crippen LogP contribution in [0.25, 0.3) is 0 Å². The van der Waals surface area contributed by atoms with Gasteiger partial charge in [-0.05, 0) is 6.42 Å². The lowest BCUT2D eigenvalue weighted by molar-refractivity contribution is -0.359. The zero-order valence-corrected chi connectivity index (χ0v) is 27.5. The van der Waals surface area contributed by atoms with Crippen LogP contribution < -0.4 is 0 Å². The summed E-state index contributed by atoms with van der Waals surface area (Å²) in [5.74, 6) is -5.64. The Bertz CT molecular complexity index is 1140. The molecule has 0 aromatic rings. The second-order valence-corrected chi connectivity index (χ2v) is 10.5. The van der Waals surface area contributed by atoms with Gasteiger partial charge in [0.15, 0.2) is 24.6 Å². The molecule has 2 aliphatic rings. The minimum atomic E-state index is -1.66. The fraction of sp³-hybridized carbons (Fsp3) is 0.759. The third-order valence-corrected chi connectivity index (χ3v) is 6.38. The highest BCUT2D eigenvalue weighted by atomic mass is 16.8. The SMILES string of the molecule is CCCO[C@@H]1[C@@H](OC(C)=O)[C@@H](O[C@H]2[C@H](OC(C)=O)[C@@H](OC(C)=O)[C@H](OC(C)=O)O[C@@H]2COC(C)=O)O[C@H](COC(C)=O)[C@H]1OC(C)=O. The van der Waals surface area contributed by atoms with Crippen LogP contribution in [-0.2, 0) is 85.7 Å². The van der Waals surface area contributed by atoms with Gasteiger partial charge in [0, 0.05) is 55.1 Å². The molecule has 0 aromatic carbocycles. The largest absolute Gasteiger partial charge is 0.463 e. The third-order valence-electron chi connectivity index (χ3n) is 6.38. The molecule has 0 spiro atoms. The summed E-state index contributed by atoms with van der Waals surface area (Å²) in [6, 6.07) is 0. The smallest absolute Gasteiger partial charge is 0.305 e. The summed E-state index contributed by atoms with van der Waals surface area (Å²) in [6.07, 6.45) is -14.3. The molecule has 2 heterocycles. The van der Waals surface area contributed by atoms with E-state index in [4.69, 9.17) is 52.1 Å². The van der Waals surface area contributed by atoms with Gasteiger partial charge in [-0.2, -0.15) is 0 Å². The van der Waals surface area contributed by atoms with Crippen molar-refractivity contribution in [3.8, 4) is 0 Å². The molecule has 0 amide bonds. The monoisotopic (exact) mass is 678 g/mol. The molecule has 0 radical (unpaired) electrons. The molecule has 266 valence electrons. The zero-order valence-electron chi connectivity index (χ0n) is 27.5. The second kappa shape index (κ2) is 18.5. The standard InChI is InChI=1S/C29H42O18/c1-9-10-37-24-22(40-15(4)32)20(11-38-13(2)30)46-29(26(24)42-17(6)34)47-23-21(12-39-14(3)31)45-28(44-19(8)36)27(43-18(7)35)25(23)41-16(5)33/h20-29H,9-12H2,1-8H3/t20-,21-,22-,23-,24+,25+,26-,27-,28-,29-/m1/s1. The van der Waals surface area contributed by atoms with E-state index < -0.39 is 116 Å². The molecule has 47 heavy (non-hydrogen) atoms. The van der Waals surface area contributed by atoms with Gasteiger partial charge in [0.2, 0.25) is 12.4 Å². The lowest BCUT2D eigenvalue weighted by Crippen LogP contribution is -2.67. The Kier molecular flexibility index (Phi) is 15.4. The average Bonchev–Trinajstić information content (AvgIpc) is 2.93. The first kappa shape index (κ1) is 39.3. The predicted octanol–water partition coefficient (Wildman–Crippen LogP) is 0.0327.